The number of hydrogen-bond donors (Lipinski definition) is 0. The third kappa shape index (κ3) is 2.10. The van der Waals surface area contributed by atoms with Crippen molar-refractivity contribution in [3.8, 4) is 11.6 Å². The van der Waals surface area contributed by atoms with E-state index in [-0.39, 0.29) is 0 Å². The zero-order valence-corrected chi connectivity index (χ0v) is 11.1. The van der Waals surface area contributed by atoms with Crippen molar-refractivity contribution in [2.75, 3.05) is 0 Å². The molecule has 0 saturated carbocycles. The Labute approximate surface area is 114 Å². The molecule has 0 radical (unpaired) electrons. The van der Waals surface area contributed by atoms with Crippen LogP contribution < -0.4 is 4.74 Å². The van der Waals surface area contributed by atoms with Gasteiger partial charge in [0.05, 0.1) is 6.20 Å². The lowest BCUT2D eigenvalue weighted by Gasteiger charge is -2.10. The lowest BCUT2D eigenvalue weighted by Crippen LogP contribution is -2.03. The normalized spacial score (nSPS) is 10.9. The first kappa shape index (κ1) is 11.9. The van der Waals surface area contributed by atoms with Gasteiger partial charge in [-0.05, 0) is 26.0 Å². The Bertz CT molecular complexity index is 738. The topological polar surface area (TPSA) is 65.2 Å². The summed E-state index contributed by atoms with van der Waals surface area (Å²) in [6.45, 7) is 3.82. The third-order valence-corrected chi connectivity index (χ3v) is 2.99. The van der Waals surface area contributed by atoms with Gasteiger partial charge in [0.25, 0.3) is 5.78 Å². The molecule has 0 saturated heterocycles. The first-order valence-corrected chi connectivity index (χ1v) is 5.99. The number of rotatable bonds is 2. The Morgan fingerprint density at radius 2 is 2.05 bits per heavy atom. The molecular formula is C12H10ClN5O. The van der Waals surface area contributed by atoms with Crippen molar-refractivity contribution in [2.45, 2.75) is 13.8 Å². The zero-order chi connectivity index (χ0) is 13.4. The van der Waals surface area contributed by atoms with Gasteiger partial charge < -0.3 is 4.74 Å². The Balaban J connectivity index is 2.11. The van der Waals surface area contributed by atoms with Crippen LogP contribution in [0.2, 0.25) is 5.15 Å². The van der Waals surface area contributed by atoms with Crippen LogP contribution in [-0.4, -0.2) is 24.6 Å². The fraction of sp³-hybridized carbons (Fsp3) is 0.167. The number of halogens is 1. The molecule has 0 aliphatic heterocycles. The van der Waals surface area contributed by atoms with E-state index >= 15 is 0 Å². The average molecular weight is 276 g/mol. The zero-order valence-electron chi connectivity index (χ0n) is 10.3. The molecule has 0 amide bonds. The molecule has 0 bridgehead atoms. The number of fused-ring (bicyclic) bond motifs is 1. The molecule has 7 heteroatoms. The predicted octanol–water partition coefficient (Wildman–Crippen LogP) is 2.58. The second kappa shape index (κ2) is 4.47. The van der Waals surface area contributed by atoms with Crippen molar-refractivity contribution in [3.05, 3.63) is 41.1 Å². The molecule has 0 spiro atoms. The molecule has 3 heterocycles. The lowest BCUT2D eigenvalue weighted by atomic mass is 10.2. The summed E-state index contributed by atoms with van der Waals surface area (Å²) in [5.74, 6) is 1.65. The van der Waals surface area contributed by atoms with Gasteiger partial charge in [-0.3, -0.25) is 0 Å². The van der Waals surface area contributed by atoms with E-state index in [2.05, 4.69) is 20.1 Å². The Kier molecular flexibility index (Phi) is 2.79. The van der Waals surface area contributed by atoms with Crippen molar-refractivity contribution in [3.63, 3.8) is 0 Å². The van der Waals surface area contributed by atoms with Crippen molar-refractivity contribution < 1.29 is 4.74 Å². The fourth-order valence-electron chi connectivity index (χ4n) is 1.66. The minimum Gasteiger partial charge on any atom is -0.437 e. The highest BCUT2D eigenvalue weighted by Crippen LogP contribution is 2.26. The number of ether oxygens (including phenoxy) is 1. The van der Waals surface area contributed by atoms with Gasteiger partial charge in [0.2, 0.25) is 5.88 Å². The standard InChI is InChI=1S/C12H10ClN5O/c1-7-8(2)17-12-15-6-16-18(12)11(7)19-9-3-4-10(13)14-5-9/h3-6H,1-2H3. The molecule has 0 fully saturated rings. The van der Waals surface area contributed by atoms with Crippen LogP contribution in [0.1, 0.15) is 11.3 Å². The highest BCUT2D eigenvalue weighted by atomic mass is 35.5. The van der Waals surface area contributed by atoms with Crippen LogP contribution in [-0.2, 0) is 0 Å². The fourth-order valence-corrected chi connectivity index (χ4v) is 1.77. The van der Waals surface area contributed by atoms with E-state index in [0.29, 0.717) is 22.6 Å². The van der Waals surface area contributed by atoms with E-state index in [1.54, 1.807) is 22.8 Å². The number of aryl methyl sites for hydroxylation is 1. The smallest absolute Gasteiger partial charge is 0.255 e. The van der Waals surface area contributed by atoms with Crippen LogP contribution >= 0.6 is 11.6 Å². The summed E-state index contributed by atoms with van der Waals surface area (Å²) in [6, 6.07) is 3.41. The van der Waals surface area contributed by atoms with Gasteiger partial charge in [-0.25, -0.2) is 9.97 Å². The third-order valence-electron chi connectivity index (χ3n) is 2.77. The maximum absolute atomic E-state index is 5.82. The molecule has 96 valence electrons. The first-order valence-electron chi connectivity index (χ1n) is 5.61. The van der Waals surface area contributed by atoms with Gasteiger partial charge in [-0.1, -0.05) is 11.6 Å². The maximum Gasteiger partial charge on any atom is 0.255 e. The Morgan fingerprint density at radius 3 is 2.79 bits per heavy atom. The monoisotopic (exact) mass is 275 g/mol. The van der Waals surface area contributed by atoms with Crippen LogP contribution in [0, 0.1) is 13.8 Å². The highest BCUT2D eigenvalue weighted by molar-refractivity contribution is 6.29. The predicted molar refractivity (Wildman–Crippen MR) is 69.6 cm³/mol. The summed E-state index contributed by atoms with van der Waals surface area (Å²) in [5, 5.41) is 4.52. The summed E-state index contributed by atoms with van der Waals surface area (Å²) >= 11 is 5.74. The van der Waals surface area contributed by atoms with Crippen molar-refractivity contribution >= 4 is 17.4 Å². The molecule has 0 aliphatic rings. The summed E-state index contributed by atoms with van der Waals surface area (Å²) in [4.78, 5) is 12.4. The molecule has 0 N–H and O–H groups in total. The van der Waals surface area contributed by atoms with Gasteiger partial charge in [0.15, 0.2) is 0 Å². The minimum atomic E-state index is 0.417. The van der Waals surface area contributed by atoms with Gasteiger partial charge in [-0.2, -0.15) is 14.6 Å². The second-order valence-corrected chi connectivity index (χ2v) is 4.41. The van der Waals surface area contributed by atoms with Crippen LogP contribution in [0.4, 0.5) is 0 Å². The molecule has 0 aromatic carbocycles. The molecule has 3 aromatic heterocycles. The van der Waals surface area contributed by atoms with Crippen molar-refractivity contribution in [1.82, 2.24) is 24.6 Å². The van der Waals surface area contributed by atoms with Gasteiger partial charge in [-0.15, -0.1) is 0 Å². The van der Waals surface area contributed by atoms with Crippen molar-refractivity contribution in [2.24, 2.45) is 0 Å². The van der Waals surface area contributed by atoms with Gasteiger partial charge >= 0.3 is 0 Å². The number of pyridine rings is 1. The molecule has 6 nitrogen and oxygen atoms in total. The number of nitrogens with zero attached hydrogens (tertiary/aromatic N) is 5. The SMILES string of the molecule is Cc1nc2ncnn2c(Oc2ccc(Cl)nc2)c1C. The molecule has 19 heavy (non-hydrogen) atoms. The molecule has 0 atom stereocenters. The molecule has 3 aromatic rings. The van der Waals surface area contributed by atoms with Crippen LogP contribution in [0.5, 0.6) is 11.6 Å². The second-order valence-electron chi connectivity index (χ2n) is 4.02. The van der Waals surface area contributed by atoms with Gasteiger partial charge in [0, 0.05) is 11.3 Å². The van der Waals surface area contributed by atoms with E-state index in [1.807, 2.05) is 13.8 Å². The molecule has 0 aliphatic carbocycles. The van der Waals surface area contributed by atoms with E-state index < -0.39 is 0 Å². The average Bonchev–Trinajstić information content (AvgIpc) is 2.85. The maximum atomic E-state index is 5.82. The molecule has 0 unspecified atom stereocenters. The van der Waals surface area contributed by atoms with E-state index in [0.717, 1.165) is 11.3 Å². The van der Waals surface area contributed by atoms with Gasteiger partial charge in [0.1, 0.15) is 17.2 Å². The molecule has 3 rings (SSSR count). The quantitative estimate of drug-likeness (QED) is 0.673. The highest BCUT2D eigenvalue weighted by Gasteiger charge is 2.13. The van der Waals surface area contributed by atoms with Crippen LogP contribution in [0.25, 0.3) is 5.78 Å². The minimum absolute atomic E-state index is 0.417. The summed E-state index contributed by atoms with van der Waals surface area (Å²) in [6.07, 6.45) is 2.99. The summed E-state index contributed by atoms with van der Waals surface area (Å²) < 4.78 is 7.37. The summed E-state index contributed by atoms with van der Waals surface area (Å²) in [7, 11) is 0. The van der Waals surface area contributed by atoms with E-state index in [1.165, 1.54) is 6.33 Å². The van der Waals surface area contributed by atoms with Crippen molar-refractivity contribution in [1.29, 1.82) is 0 Å². The van der Waals surface area contributed by atoms with Crippen LogP contribution in [0.15, 0.2) is 24.7 Å². The van der Waals surface area contributed by atoms with E-state index in [4.69, 9.17) is 16.3 Å². The summed E-state index contributed by atoms with van der Waals surface area (Å²) in [5.41, 5.74) is 1.74. The first-order chi connectivity index (χ1) is 9.15. The molecular weight excluding hydrogens is 266 g/mol. The largest absolute Gasteiger partial charge is 0.437 e. The van der Waals surface area contributed by atoms with E-state index in [9.17, 15) is 0 Å². The lowest BCUT2D eigenvalue weighted by molar-refractivity contribution is 0.439. The Hall–Kier alpha value is -2.21. The number of aromatic nitrogens is 5. The Morgan fingerprint density at radius 1 is 1.21 bits per heavy atom. The van der Waals surface area contributed by atoms with Crippen LogP contribution in [0.3, 0.4) is 0 Å². The number of hydrogen-bond acceptors (Lipinski definition) is 5.